The monoisotopic (exact) mass is 333 g/mol. The Hall–Kier alpha value is -2.34. The minimum absolute atomic E-state index is 0.0965. The van der Waals surface area contributed by atoms with E-state index < -0.39 is 0 Å². The molecule has 6 nitrogen and oxygen atoms in total. The second-order valence-corrected chi connectivity index (χ2v) is 5.62. The molecular weight excluding hydrogens is 318 g/mol. The van der Waals surface area contributed by atoms with Gasteiger partial charge in [-0.2, -0.15) is 5.10 Å². The molecule has 0 bridgehead atoms. The van der Waals surface area contributed by atoms with Crippen molar-refractivity contribution >= 4 is 17.5 Å². The molecule has 1 aliphatic rings. The molecule has 1 aromatic heterocycles. The molecule has 2 aromatic rings. The summed E-state index contributed by atoms with van der Waals surface area (Å²) >= 11 is 5.99. The van der Waals surface area contributed by atoms with Crippen LogP contribution in [0.25, 0.3) is 0 Å². The van der Waals surface area contributed by atoms with Crippen LogP contribution in [-0.4, -0.2) is 47.3 Å². The number of halogens is 1. The summed E-state index contributed by atoms with van der Waals surface area (Å²) < 4.78 is 11.0. The first kappa shape index (κ1) is 15.6. The van der Waals surface area contributed by atoms with Crippen molar-refractivity contribution in [1.82, 2.24) is 15.1 Å². The predicted molar refractivity (Wildman–Crippen MR) is 85.0 cm³/mol. The Morgan fingerprint density at radius 1 is 1.39 bits per heavy atom. The number of amides is 1. The van der Waals surface area contributed by atoms with Gasteiger partial charge < -0.3 is 14.4 Å². The summed E-state index contributed by atoms with van der Waals surface area (Å²) in [6.45, 7) is 1.10. The smallest absolute Gasteiger partial charge is 0.257 e. The van der Waals surface area contributed by atoms with Crippen LogP contribution < -0.4 is 9.47 Å². The van der Waals surface area contributed by atoms with E-state index >= 15 is 0 Å². The highest BCUT2D eigenvalue weighted by Crippen LogP contribution is 2.26. The van der Waals surface area contributed by atoms with E-state index in [2.05, 4.69) is 10.2 Å². The van der Waals surface area contributed by atoms with Crippen LogP contribution in [0.2, 0.25) is 5.02 Å². The maximum atomic E-state index is 12.7. The van der Waals surface area contributed by atoms with Crippen molar-refractivity contribution in [3.05, 3.63) is 47.1 Å². The van der Waals surface area contributed by atoms with Crippen molar-refractivity contribution in [3.63, 3.8) is 0 Å². The van der Waals surface area contributed by atoms with E-state index in [4.69, 9.17) is 21.1 Å². The molecule has 0 spiro atoms. The number of carbonyl (C=O) groups is 1. The number of hydrogen-bond donors (Lipinski definition) is 0. The highest BCUT2D eigenvalue weighted by molar-refractivity contribution is 6.31. The van der Waals surface area contributed by atoms with Gasteiger partial charge in [0.2, 0.25) is 5.88 Å². The number of nitrogens with zero attached hydrogens (tertiary/aromatic N) is 3. The molecule has 1 aromatic carbocycles. The molecule has 0 saturated carbocycles. The van der Waals surface area contributed by atoms with E-state index in [1.165, 1.54) is 7.11 Å². The van der Waals surface area contributed by atoms with Crippen molar-refractivity contribution in [2.75, 3.05) is 20.2 Å². The molecule has 1 aliphatic heterocycles. The molecule has 0 unspecified atom stereocenters. The molecule has 23 heavy (non-hydrogen) atoms. The fourth-order valence-corrected chi connectivity index (χ4v) is 2.72. The second-order valence-electron chi connectivity index (χ2n) is 5.19. The Morgan fingerprint density at radius 2 is 2.26 bits per heavy atom. The van der Waals surface area contributed by atoms with Gasteiger partial charge >= 0.3 is 0 Å². The zero-order valence-corrected chi connectivity index (χ0v) is 13.4. The SMILES string of the molecule is COc1ccc(Cl)cc1C(=O)N1CC[C@@H](Oc2cccnn2)C1. The highest BCUT2D eigenvalue weighted by atomic mass is 35.5. The largest absolute Gasteiger partial charge is 0.496 e. The number of rotatable bonds is 4. The fraction of sp³-hybridized carbons (Fsp3) is 0.312. The van der Waals surface area contributed by atoms with Crippen molar-refractivity contribution in [2.45, 2.75) is 12.5 Å². The lowest BCUT2D eigenvalue weighted by Gasteiger charge is -2.18. The number of likely N-dealkylation sites (tertiary alicyclic amines) is 1. The molecule has 3 rings (SSSR count). The third-order valence-corrected chi connectivity index (χ3v) is 3.89. The van der Waals surface area contributed by atoms with E-state index in [1.807, 2.05) is 0 Å². The zero-order valence-electron chi connectivity index (χ0n) is 12.6. The molecule has 120 valence electrons. The van der Waals surface area contributed by atoms with Gasteiger partial charge in [-0.25, -0.2) is 0 Å². The first-order valence-corrected chi connectivity index (χ1v) is 7.62. The van der Waals surface area contributed by atoms with E-state index in [9.17, 15) is 4.79 Å². The number of benzene rings is 1. The number of methoxy groups -OCH3 is 1. The zero-order chi connectivity index (χ0) is 16.2. The van der Waals surface area contributed by atoms with Gasteiger partial charge in [-0.1, -0.05) is 11.6 Å². The lowest BCUT2D eigenvalue weighted by molar-refractivity contribution is 0.0767. The van der Waals surface area contributed by atoms with Crippen LogP contribution in [0, 0.1) is 0 Å². The quantitative estimate of drug-likeness (QED) is 0.859. The Balaban J connectivity index is 1.69. The molecular formula is C16H16ClN3O3. The van der Waals surface area contributed by atoms with Gasteiger partial charge in [0.1, 0.15) is 11.9 Å². The van der Waals surface area contributed by atoms with E-state index in [-0.39, 0.29) is 12.0 Å². The first-order chi connectivity index (χ1) is 11.2. The summed E-state index contributed by atoms with van der Waals surface area (Å²) in [5.74, 6) is 0.861. The minimum Gasteiger partial charge on any atom is -0.496 e. The van der Waals surface area contributed by atoms with Crippen LogP contribution in [0.3, 0.4) is 0 Å². The average molecular weight is 334 g/mol. The summed E-state index contributed by atoms with van der Waals surface area (Å²) in [7, 11) is 1.53. The van der Waals surface area contributed by atoms with E-state index in [1.54, 1.807) is 41.4 Å². The number of aromatic nitrogens is 2. The predicted octanol–water partition coefficient (Wildman–Crippen LogP) is 2.43. The molecule has 0 aliphatic carbocycles. The van der Waals surface area contributed by atoms with E-state index in [0.717, 1.165) is 6.42 Å². The van der Waals surface area contributed by atoms with Gasteiger partial charge in [0.05, 0.1) is 19.2 Å². The van der Waals surface area contributed by atoms with Crippen LogP contribution in [-0.2, 0) is 0 Å². The maximum absolute atomic E-state index is 12.7. The number of ether oxygens (including phenoxy) is 2. The van der Waals surface area contributed by atoms with Crippen LogP contribution in [0.4, 0.5) is 0 Å². The summed E-state index contributed by atoms with van der Waals surface area (Å²) in [6, 6.07) is 8.52. The molecule has 1 saturated heterocycles. The average Bonchev–Trinajstić information content (AvgIpc) is 3.03. The topological polar surface area (TPSA) is 64.5 Å². The van der Waals surface area contributed by atoms with Crippen LogP contribution in [0.15, 0.2) is 36.5 Å². The Kier molecular flexibility index (Phi) is 4.62. The first-order valence-electron chi connectivity index (χ1n) is 7.24. The van der Waals surface area contributed by atoms with Gasteiger partial charge in [0.25, 0.3) is 5.91 Å². The maximum Gasteiger partial charge on any atom is 0.257 e. The molecule has 0 radical (unpaired) electrons. The lowest BCUT2D eigenvalue weighted by Crippen LogP contribution is -2.31. The van der Waals surface area contributed by atoms with Crippen LogP contribution >= 0.6 is 11.6 Å². The molecule has 1 atom stereocenters. The van der Waals surface area contributed by atoms with E-state index in [0.29, 0.717) is 35.3 Å². The second kappa shape index (κ2) is 6.83. The number of carbonyl (C=O) groups excluding carboxylic acids is 1. The third-order valence-electron chi connectivity index (χ3n) is 3.66. The van der Waals surface area contributed by atoms with Crippen molar-refractivity contribution in [2.24, 2.45) is 0 Å². The Labute approximate surface area is 139 Å². The van der Waals surface area contributed by atoms with Crippen molar-refractivity contribution in [1.29, 1.82) is 0 Å². The van der Waals surface area contributed by atoms with Gasteiger partial charge in [-0.05, 0) is 24.3 Å². The minimum atomic E-state index is -0.116. The van der Waals surface area contributed by atoms with Crippen molar-refractivity contribution in [3.8, 4) is 11.6 Å². The molecule has 0 N–H and O–H groups in total. The Morgan fingerprint density at radius 3 is 3.00 bits per heavy atom. The summed E-state index contributed by atoms with van der Waals surface area (Å²) in [5, 5.41) is 8.17. The normalized spacial score (nSPS) is 17.1. The fourth-order valence-electron chi connectivity index (χ4n) is 2.55. The van der Waals surface area contributed by atoms with Crippen LogP contribution in [0.1, 0.15) is 16.8 Å². The summed E-state index contributed by atoms with van der Waals surface area (Å²) in [5.41, 5.74) is 0.458. The lowest BCUT2D eigenvalue weighted by atomic mass is 10.1. The molecule has 2 heterocycles. The van der Waals surface area contributed by atoms with Crippen molar-refractivity contribution < 1.29 is 14.3 Å². The van der Waals surface area contributed by atoms with Gasteiger partial charge in [-0.15, -0.1) is 5.10 Å². The highest BCUT2D eigenvalue weighted by Gasteiger charge is 2.30. The summed E-state index contributed by atoms with van der Waals surface area (Å²) in [6.07, 6.45) is 2.23. The third kappa shape index (κ3) is 3.53. The molecule has 7 heteroatoms. The molecule has 1 fully saturated rings. The molecule has 1 amide bonds. The Bertz CT molecular complexity index is 696. The standard InChI is InChI=1S/C16H16ClN3O3/c1-22-14-5-4-11(17)9-13(14)16(21)20-8-6-12(10-20)23-15-3-2-7-18-19-15/h2-5,7,9,12H,6,8,10H2,1H3/t12-/m1/s1. The van der Waals surface area contributed by atoms with Gasteiger partial charge in [0.15, 0.2) is 0 Å². The number of hydrogen-bond acceptors (Lipinski definition) is 5. The van der Waals surface area contributed by atoms with Gasteiger partial charge in [0, 0.05) is 30.3 Å². The summed E-state index contributed by atoms with van der Waals surface area (Å²) in [4.78, 5) is 14.4. The van der Waals surface area contributed by atoms with Crippen LogP contribution in [0.5, 0.6) is 11.6 Å². The van der Waals surface area contributed by atoms with Gasteiger partial charge in [-0.3, -0.25) is 4.79 Å².